The molecule has 1 heterocycles. The predicted octanol–water partition coefficient (Wildman–Crippen LogP) is 2.82. The highest BCUT2D eigenvalue weighted by Gasteiger charge is 2.34. The number of halogens is 1. The van der Waals surface area contributed by atoms with Crippen LogP contribution in [0.4, 0.5) is 0 Å². The highest BCUT2D eigenvalue weighted by Crippen LogP contribution is 2.26. The first-order chi connectivity index (χ1) is 12.5. The highest BCUT2D eigenvalue weighted by atomic mass is 127. The Balaban J connectivity index is 0.00000364. The SMILES string of the molecule is CCNC(=NCC1(N(C)C)CCOCC1)N(C)Cc1ccc(OC)cc1.I. The molecule has 1 aromatic carbocycles. The van der Waals surface area contributed by atoms with Crippen molar-refractivity contribution in [2.45, 2.75) is 31.8 Å². The van der Waals surface area contributed by atoms with Crippen LogP contribution >= 0.6 is 24.0 Å². The summed E-state index contributed by atoms with van der Waals surface area (Å²) >= 11 is 0. The normalized spacial score (nSPS) is 16.6. The van der Waals surface area contributed by atoms with Gasteiger partial charge in [-0.1, -0.05) is 12.1 Å². The lowest BCUT2D eigenvalue weighted by molar-refractivity contribution is -0.00262. The van der Waals surface area contributed by atoms with E-state index in [4.69, 9.17) is 14.5 Å². The van der Waals surface area contributed by atoms with Crippen molar-refractivity contribution >= 4 is 29.9 Å². The monoisotopic (exact) mass is 490 g/mol. The largest absolute Gasteiger partial charge is 0.497 e. The van der Waals surface area contributed by atoms with Crippen LogP contribution in [0.15, 0.2) is 29.3 Å². The Kier molecular flexibility index (Phi) is 10.4. The maximum atomic E-state index is 5.56. The zero-order valence-electron chi connectivity index (χ0n) is 17.3. The fourth-order valence-electron chi connectivity index (χ4n) is 3.27. The second-order valence-electron chi connectivity index (χ2n) is 7.11. The first kappa shape index (κ1) is 24.0. The van der Waals surface area contributed by atoms with Crippen LogP contribution in [0.5, 0.6) is 5.75 Å². The summed E-state index contributed by atoms with van der Waals surface area (Å²) in [7, 11) is 8.07. The van der Waals surface area contributed by atoms with Gasteiger partial charge in [0.25, 0.3) is 0 Å². The molecule has 0 amide bonds. The summed E-state index contributed by atoms with van der Waals surface area (Å²) in [6.45, 7) is 6.15. The number of likely N-dealkylation sites (N-methyl/N-ethyl adjacent to an activating group) is 1. The molecule has 0 aliphatic carbocycles. The van der Waals surface area contributed by atoms with E-state index in [0.717, 1.165) is 57.4 Å². The first-order valence-electron chi connectivity index (χ1n) is 9.38. The number of hydrogen-bond donors (Lipinski definition) is 1. The van der Waals surface area contributed by atoms with E-state index in [-0.39, 0.29) is 29.5 Å². The minimum Gasteiger partial charge on any atom is -0.497 e. The molecule has 1 fully saturated rings. The molecule has 1 saturated heterocycles. The Morgan fingerprint density at radius 2 is 1.81 bits per heavy atom. The van der Waals surface area contributed by atoms with Crippen molar-refractivity contribution in [3.8, 4) is 5.75 Å². The Labute approximate surface area is 181 Å². The van der Waals surface area contributed by atoms with Gasteiger partial charge in [0.15, 0.2) is 5.96 Å². The lowest BCUT2D eigenvalue weighted by atomic mass is 9.89. The van der Waals surface area contributed by atoms with E-state index in [0.29, 0.717) is 0 Å². The van der Waals surface area contributed by atoms with Gasteiger partial charge in [-0.05, 0) is 51.6 Å². The second kappa shape index (κ2) is 11.7. The maximum Gasteiger partial charge on any atom is 0.194 e. The summed E-state index contributed by atoms with van der Waals surface area (Å²) in [4.78, 5) is 9.46. The molecule has 7 heteroatoms. The molecule has 0 saturated carbocycles. The summed E-state index contributed by atoms with van der Waals surface area (Å²) in [5.41, 5.74) is 1.31. The van der Waals surface area contributed by atoms with Crippen LogP contribution < -0.4 is 10.1 Å². The molecular formula is C20H35IN4O2. The first-order valence-corrected chi connectivity index (χ1v) is 9.38. The van der Waals surface area contributed by atoms with E-state index in [1.54, 1.807) is 7.11 Å². The Morgan fingerprint density at radius 3 is 2.33 bits per heavy atom. The van der Waals surface area contributed by atoms with Gasteiger partial charge in [-0.3, -0.25) is 4.99 Å². The third-order valence-electron chi connectivity index (χ3n) is 5.17. The summed E-state index contributed by atoms with van der Waals surface area (Å²) in [5, 5.41) is 3.42. The van der Waals surface area contributed by atoms with E-state index in [9.17, 15) is 0 Å². The maximum absolute atomic E-state index is 5.56. The summed E-state index contributed by atoms with van der Waals surface area (Å²) in [6.07, 6.45) is 2.04. The van der Waals surface area contributed by atoms with Gasteiger partial charge >= 0.3 is 0 Å². The minimum absolute atomic E-state index is 0. The van der Waals surface area contributed by atoms with E-state index in [1.807, 2.05) is 12.1 Å². The Hall–Kier alpha value is -1.06. The van der Waals surface area contributed by atoms with Crippen molar-refractivity contribution in [1.82, 2.24) is 15.1 Å². The summed E-state index contributed by atoms with van der Waals surface area (Å²) < 4.78 is 10.8. The van der Waals surface area contributed by atoms with Crippen molar-refractivity contribution < 1.29 is 9.47 Å². The summed E-state index contributed by atoms with van der Waals surface area (Å²) in [5.74, 6) is 1.82. The zero-order chi connectivity index (χ0) is 19.0. The fourth-order valence-corrected chi connectivity index (χ4v) is 3.27. The number of guanidine groups is 1. The number of rotatable bonds is 7. The molecule has 0 spiro atoms. The quantitative estimate of drug-likeness (QED) is 0.362. The Morgan fingerprint density at radius 1 is 1.19 bits per heavy atom. The predicted molar refractivity (Wildman–Crippen MR) is 122 cm³/mol. The van der Waals surface area contributed by atoms with Crippen molar-refractivity contribution in [3.63, 3.8) is 0 Å². The van der Waals surface area contributed by atoms with E-state index < -0.39 is 0 Å². The molecular weight excluding hydrogens is 455 g/mol. The minimum atomic E-state index is 0. The third-order valence-corrected chi connectivity index (χ3v) is 5.17. The Bertz CT molecular complexity index is 572. The van der Waals surface area contributed by atoms with Crippen molar-refractivity contribution in [2.75, 3.05) is 54.6 Å². The van der Waals surface area contributed by atoms with Gasteiger partial charge < -0.3 is 24.6 Å². The number of hydrogen-bond acceptors (Lipinski definition) is 4. The van der Waals surface area contributed by atoms with Crippen molar-refractivity contribution in [1.29, 1.82) is 0 Å². The van der Waals surface area contributed by atoms with Crippen LogP contribution in [0, 0.1) is 0 Å². The molecule has 2 rings (SSSR count). The number of aliphatic imine (C=N–C) groups is 1. The number of benzene rings is 1. The number of nitrogens with zero attached hydrogens (tertiary/aromatic N) is 3. The van der Waals surface area contributed by atoms with E-state index in [1.165, 1.54) is 5.56 Å². The van der Waals surface area contributed by atoms with Crippen LogP contribution in [0.1, 0.15) is 25.3 Å². The van der Waals surface area contributed by atoms with Crippen LogP contribution in [0.25, 0.3) is 0 Å². The van der Waals surface area contributed by atoms with Gasteiger partial charge in [-0.2, -0.15) is 0 Å². The molecule has 0 aromatic heterocycles. The van der Waals surface area contributed by atoms with E-state index >= 15 is 0 Å². The second-order valence-corrected chi connectivity index (χ2v) is 7.11. The topological polar surface area (TPSA) is 49.3 Å². The molecule has 0 radical (unpaired) electrons. The molecule has 1 aliphatic rings. The average Bonchev–Trinajstić information content (AvgIpc) is 2.66. The molecule has 154 valence electrons. The van der Waals surface area contributed by atoms with Gasteiger partial charge in [-0.15, -0.1) is 24.0 Å². The van der Waals surface area contributed by atoms with Crippen molar-refractivity contribution in [3.05, 3.63) is 29.8 Å². The number of ether oxygens (including phenoxy) is 2. The molecule has 27 heavy (non-hydrogen) atoms. The lowest BCUT2D eigenvalue weighted by Crippen LogP contribution is -2.51. The van der Waals surface area contributed by atoms with Gasteiger partial charge in [0, 0.05) is 38.9 Å². The van der Waals surface area contributed by atoms with Crippen molar-refractivity contribution in [2.24, 2.45) is 4.99 Å². The summed E-state index contributed by atoms with van der Waals surface area (Å²) in [6, 6.07) is 8.18. The lowest BCUT2D eigenvalue weighted by Gasteiger charge is -2.42. The number of methoxy groups -OCH3 is 1. The molecule has 1 N–H and O–H groups in total. The zero-order valence-corrected chi connectivity index (χ0v) is 19.7. The third kappa shape index (κ3) is 6.80. The van der Waals surface area contributed by atoms with Crippen LogP contribution in [0.3, 0.4) is 0 Å². The molecule has 1 aliphatic heterocycles. The van der Waals surface area contributed by atoms with Crippen LogP contribution in [-0.2, 0) is 11.3 Å². The van der Waals surface area contributed by atoms with E-state index in [2.05, 4.69) is 55.3 Å². The molecule has 0 unspecified atom stereocenters. The average molecular weight is 490 g/mol. The van der Waals surface area contributed by atoms with Gasteiger partial charge in [0.1, 0.15) is 5.75 Å². The van der Waals surface area contributed by atoms with Crippen LogP contribution in [-0.4, -0.2) is 75.9 Å². The van der Waals surface area contributed by atoms with Crippen LogP contribution in [0.2, 0.25) is 0 Å². The van der Waals surface area contributed by atoms with Gasteiger partial charge in [-0.25, -0.2) is 0 Å². The standard InChI is InChI=1S/C20H34N4O2.HI/c1-6-21-19(22-16-20(23(2)3)11-13-26-14-12-20)24(4)15-17-7-9-18(25-5)10-8-17;/h7-10H,6,11-16H2,1-5H3,(H,21,22);1H. The smallest absolute Gasteiger partial charge is 0.194 e. The van der Waals surface area contributed by atoms with Gasteiger partial charge in [0.05, 0.1) is 13.7 Å². The number of nitrogens with one attached hydrogen (secondary N) is 1. The fraction of sp³-hybridized carbons (Fsp3) is 0.650. The molecule has 6 nitrogen and oxygen atoms in total. The molecule has 0 bridgehead atoms. The molecule has 0 atom stereocenters. The highest BCUT2D eigenvalue weighted by molar-refractivity contribution is 14.0. The molecule has 1 aromatic rings. The van der Waals surface area contributed by atoms with Gasteiger partial charge in [0.2, 0.25) is 0 Å².